The molecule has 0 bridgehead atoms. The van der Waals surface area contributed by atoms with Crippen LogP contribution in [0.1, 0.15) is 89.2 Å². The molecule has 2 rings (SSSR count). The van der Waals surface area contributed by atoms with Gasteiger partial charge in [0, 0.05) is 0 Å². The van der Waals surface area contributed by atoms with Gasteiger partial charge < -0.3 is 4.55 Å². The van der Waals surface area contributed by atoms with Gasteiger partial charge in [-0.1, -0.05) is 83.4 Å². The maximum absolute atomic E-state index is 11.8. The Hall–Kier alpha value is 0.246. The summed E-state index contributed by atoms with van der Waals surface area (Å²) in [6.07, 6.45) is 13.9. The van der Waals surface area contributed by atoms with Gasteiger partial charge in [0.1, 0.15) is 10.1 Å². The van der Waals surface area contributed by atoms with Gasteiger partial charge in [-0.15, -0.1) is 0 Å². The first kappa shape index (κ1) is 27.3. The number of fused-ring (bicyclic) bond motifs is 1. The first-order valence-corrected chi connectivity index (χ1v) is 12.4. The van der Waals surface area contributed by atoms with Gasteiger partial charge in [0.15, 0.2) is 0 Å². The van der Waals surface area contributed by atoms with Gasteiger partial charge in [-0.2, -0.15) is 0 Å². The van der Waals surface area contributed by atoms with Crippen LogP contribution in [0.15, 0.2) is 35.2 Å². The Morgan fingerprint density at radius 1 is 0.759 bits per heavy atom. The fourth-order valence-electron chi connectivity index (χ4n) is 3.92. The summed E-state index contributed by atoms with van der Waals surface area (Å²) in [6, 6.07) is 9.26. The molecule has 5 heteroatoms. The van der Waals surface area contributed by atoms with E-state index < -0.39 is 10.1 Å². The van der Waals surface area contributed by atoms with Crippen molar-refractivity contribution in [2.24, 2.45) is 0 Å². The average Bonchev–Trinajstić information content (AvgIpc) is 2.66. The molecular formula is C24H35KO3S. The minimum Gasteiger partial charge on any atom is -0.744 e. The summed E-state index contributed by atoms with van der Waals surface area (Å²) in [7, 11) is -4.48. The zero-order valence-electron chi connectivity index (χ0n) is 18.5. The number of aryl methyl sites for hydroxylation is 2. The smallest absolute Gasteiger partial charge is 0.744 e. The molecule has 0 aliphatic heterocycles. The predicted octanol–water partition coefficient (Wildman–Crippen LogP) is 3.77. The summed E-state index contributed by atoms with van der Waals surface area (Å²) >= 11 is 0. The van der Waals surface area contributed by atoms with Gasteiger partial charge in [0.2, 0.25) is 0 Å². The second-order valence-electron chi connectivity index (χ2n) is 7.89. The van der Waals surface area contributed by atoms with Crippen molar-refractivity contribution in [1.82, 2.24) is 0 Å². The van der Waals surface area contributed by atoms with Gasteiger partial charge in [-0.3, -0.25) is 0 Å². The van der Waals surface area contributed by atoms with Crippen LogP contribution in [0, 0.1) is 0 Å². The maximum atomic E-state index is 11.8. The summed E-state index contributed by atoms with van der Waals surface area (Å²) in [5.41, 5.74) is 2.34. The first-order chi connectivity index (χ1) is 13.5. The maximum Gasteiger partial charge on any atom is 1.00 e. The molecule has 0 radical (unpaired) electrons. The van der Waals surface area contributed by atoms with Crippen molar-refractivity contribution < 1.29 is 64.4 Å². The van der Waals surface area contributed by atoms with Crippen LogP contribution in [-0.2, 0) is 23.0 Å². The Morgan fingerprint density at radius 2 is 1.34 bits per heavy atom. The van der Waals surface area contributed by atoms with Crippen LogP contribution in [0.4, 0.5) is 0 Å². The molecule has 3 nitrogen and oxygen atoms in total. The van der Waals surface area contributed by atoms with Crippen LogP contribution in [0.25, 0.3) is 10.8 Å². The minimum absolute atomic E-state index is 0. The SMILES string of the molecule is CCCCCCCc1cc(CCCCCCC)c2cccc(S(=O)(=O)[O-])c2c1.[K+]. The molecule has 29 heavy (non-hydrogen) atoms. The van der Waals surface area contributed by atoms with Crippen molar-refractivity contribution >= 4 is 20.9 Å². The van der Waals surface area contributed by atoms with E-state index in [-0.39, 0.29) is 56.3 Å². The Labute approximate surface area is 220 Å². The predicted molar refractivity (Wildman–Crippen MR) is 117 cm³/mol. The van der Waals surface area contributed by atoms with Crippen LogP contribution < -0.4 is 51.4 Å². The summed E-state index contributed by atoms with van der Waals surface area (Å²) in [4.78, 5) is -0.0786. The summed E-state index contributed by atoms with van der Waals surface area (Å²) in [6.45, 7) is 4.42. The van der Waals surface area contributed by atoms with Crippen LogP contribution >= 0.6 is 0 Å². The van der Waals surface area contributed by atoms with E-state index in [9.17, 15) is 13.0 Å². The van der Waals surface area contributed by atoms with E-state index in [4.69, 9.17) is 0 Å². The first-order valence-electron chi connectivity index (χ1n) is 11.0. The second kappa shape index (κ2) is 14.3. The Bertz CT molecular complexity index is 847. The molecule has 0 saturated carbocycles. The molecule has 0 heterocycles. The third kappa shape index (κ3) is 9.10. The average molecular weight is 443 g/mol. The molecule has 0 fully saturated rings. The molecule has 2 aromatic rings. The summed E-state index contributed by atoms with van der Waals surface area (Å²) in [5, 5.41) is 1.52. The standard InChI is InChI=1S/C24H36O3S.K/c1-3-5-7-9-11-14-20-18-21(15-12-10-8-6-4-2)22-16-13-17-24(23(22)19-20)28(25,26)27;/h13,16-19H,3-12,14-15H2,1-2H3,(H,25,26,27);/q;+1/p-1. The molecule has 156 valence electrons. The quantitative estimate of drug-likeness (QED) is 0.269. The van der Waals surface area contributed by atoms with E-state index >= 15 is 0 Å². The molecule has 0 atom stereocenters. The Balaban J connectivity index is 0.00000420. The molecule has 0 aliphatic rings. The summed E-state index contributed by atoms with van der Waals surface area (Å²) < 4.78 is 35.3. The molecule has 0 saturated heterocycles. The third-order valence-corrected chi connectivity index (χ3v) is 6.38. The van der Waals surface area contributed by atoms with Gasteiger partial charge in [0.05, 0.1) is 4.90 Å². The largest absolute Gasteiger partial charge is 1.00 e. The number of rotatable bonds is 13. The second-order valence-corrected chi connectivity index (χ2v) is 9.24. The summed E-state index contributed by atoms with van der Waals surface area (Å²) in [5.74, 6) is 0. The fraction of sp³-hybridized carbons (Fsp3) is 0.583. The zero-order chi connectivity index (χ0) is 20.4. The normalized spacial score (nSPS) is 11.6. The van der Waals surface area contributed by atoms with E-state index in [0.29, 0.717) is 5.39 Å². The number of benzene rings is 2. The molecular weight excluding hydrogens is 407 g/mol. The monoisotopic (exact) mass is 442 g/mol. The van der Waals surface area contributed by atoms with Gasteiger partial charge in [-0.05, 0) is 59.7 Å². The molecule has 0 unspecified atom stereocenters. The topological polar surface area (TPSA) is 57.2 Å². The van der Waals surface area contributed by atoms with Crippen LogP contribution in [-0.4, -0.2) is 13.0 Å². The molecule has 0 spiro atoms. The van der Waals surface area contributed by atoms with E-state index in [1.807, 2.05) is 12.1 Å². The van der Waals surface area contributed by atoms with Gasteiger partial charge >= 0.3 is 51.4 Å². The minimum atomic E-state index is -4.48. The molecule has 0 aromatic heterocycles. The van der Waals surface area contributed by atoms with E-state index in [1.54, 1.807) is 6.07 Å². The third-order valence-electron chi connectivity index (χ3n) is 5.49. The molecule has 2 aromatic carbocycles. The van der Waals surface area contributed by atoms with E-state index in [0.717, 1.165) is 36.6 Å². The Kier molecular flexibility index (Phi) is 13.5. The molecule has 0 amide bonds. The Morgan fingerprint density at radius 3 is 1.93 bits per heavy atom. The van der Waals surface area contributed by atoms with Crippen molar-refractivity contribution in [3.05, 3.63) is 41.5 Å². The van der Waals surface area contributed by atoms with Crippen molar-refractivity contribution in [3.8, 4) is 0 Å². The van der Waals surface area contributed by atoms with E-state index in [2.05, 4.69) is 19.9 Å². The number of hydrogen-bond acceptors (Lipinski definition) is 3. The fourth-order valence-corrected chi connectivity index (χ4v) is 4.61. The van der Waals surface area contributed by atoms with Gasteiger partial charge in [0.25, 0.3) is 0 Å². The van der Waals surface area contributed by atoms with Crippen molar-refractivity contribution in [3.63, 3.8) is 0 Å². The van der Waals surface area contributed by atoms with E-state index in [1.165, 1.54) is 63.0 Å². The number of hydrogen-bond donors (Lipinski definition) is 0. The van der Waals surface area contributed by atoms with Crippen molar-refractivity contribution in [2.45, 2.75) is 95.8 Å². The number of unbranched alkanes of at least 4 members (excludes halogenated alkanes) is 8. The van der Waals surface area contributed by atoms with Crippen molar-refractivity contribution in [1.29, 1.82) is 0 Å². The van der Waals surface area contributed by atoms with Crippen LogP contribution in [0.5, 0.6) is 0 Å². The van der Waals surface area contributed by atoms with Gasteiger partial charge in [-0.25, -0.2) is 8.42 Å². The molecule has 0 aliphatic carbocycles. The zero-order valence-corrected chi connectivity index (χ0v) is 22.4. The van der Waals surface area contributed by atoms with Crippen LogP contribution in [0.3, 0.4) is 0 Å². The van der Waals surface area contributed by atoms with Crippen molar-refractivity contribution in [2.75, 3.05) is 0 Å². The molecule has 0 N–H and O–H groups in total. The van der Waals surface area contributed by atoms with Crippen LogP contribution in [0.2, 0.25) is 0 Å².